The lowest BCUT2D eigenvalue weighted by molar-refractivity contribution is -0.0394. The summed E-state index contributed by atoms with van der Waals surface area (Å²) in [4.78, 5) is 12.1. The van der Waals surface area contributed by atoms with Crippen LogP contribution in [0.25, 0.3) is 11.3 Å². The average Bonchev–Trinajstić information content (AvgIpc) is 3.44. The Kier molecular flexibility index (Phi) is 4.61. The maximum Gasteiger partial charge on any atom is 0.189 e. The zero-order valence-electron chi connectivity index (χ0n) is 18.1. The molecule has 0 bridgehead atoms. The minimum absolute atomic E-state index is 0.0146. The highest BCUT2D eigenvalue weighted by atomic mass is 32.2. The summed E-state index contributed by atoms with van der Waals surface area (Å²) in [5.74, 6) is 0.875. The molecule has 166 valence electrons. The molecule has 9 heteroatoms. The number of ether oxygens (including phenoxy) is 2. The Morgan fingerprint density at radius 2 is 2.10 bits per heavy atom. The number of β-amino-alcohol motifs (C(OH)–C–C–N with tert-alkyl or cyclic N) is 1. The van der Waals surface area contributed by atoms with Crippen molar-refractivity contribution in [1.82, 2.24) is 19.7 Å². The predicted octanol–water partition coefficient (Wildman–Crippen LogP) is 2.74. The molecule has 0 amide bonds. The molecule has 2 aliphatic carbocycles. The van der Waals surface area contributed by atoms with Crippen LogP contribution in [0.2, 0.25) is 0 Å². The predicted molar refractivity (Wildman–Crippen MR) is 118 cm³/mol. The zero-order chi connectivity index (χ0) is 21.2. The van der Waals surface area contributed by atoms with Gasteiger partial charge in [0.2, 0.25) is 0 Å². The maximum absolute atomic E-state index is 10.8. The van der Waals surface area contributed by atoms with Gasteiger partial charge in [-0.3, -0.25) is 0 Å². The molecule has 1 N–H and O–H groups in total. The van der Waals surface area contributed by atoms with E-state index < -0.39 is 5.60 Å². The van der Waals surface area contributed by atoms with Gasteiger partial charge in [-0.25, -0.2) is 14.6 Å². The molecule has 2 atom stereocenters. The summed E-state index contributed by atoms with van der Waals surface area (Å²) in [6, 6.07) is 0. The molecule has 2 aromatic heterocycles. The second-order valence-electron chi connectivity index (χ2n) is 9.50. The van der Waals surface area contributed by atoms with Crippen molar-refractivity contribution in [2.45, 2.75) is 61.4 Å². The molecule has 4 aliphatic rings. The van der Waals surface area contributed by atoms with Gasteiger partial charge in [0.05, 0.1) is 31.0 Å². The maximum atomic E-state index is 10.8. The highest BCUT2D eigenvalue weighted by Crippen LogP contribution is 2.63. The van der Waals surface area contributed by atoms with Crippen LogP contribution < -0.4 is 4.90 Å². The molecule has 0 radical (unpaired) electrons. The lowest BCUT2D eigenvalue weighted by atomic mass is 10.00. The molecule has 0 aromatic carbocycles. The first-order valence-corrected chi connectivity index (χ1v) is 12.5. The van der Waals surface area contributed by atoms with Crippen molar-refractivity contribution in [3.05, 3.63) is 17.5 Å². The highest BCUT2D eigenvalue weighted by molar-refractivity contribution is 7.98. The number of hydrogen-bond acceptors (Lipinski definition) is 8. The first kappa shape index (κ1) is 20.0. The van der Waals surface area contributed by atoms with E-state index in [-0.39, 0.29) is 11.6 Å². The van der Waals surface area contributed by atoms with Crippen LogP contribution in [0.5, 0.6) is 0 Å². The molecule has 8 nitrogen and oxygen atoms in total. The van der Waals surface area contributed by atoms with Gasteiger partial charge in [-0.2, -0.15) is 5.10 Å². The lowest BCUT2D eigenvalue weighted by Gasteiger charge is -2.29. The normalized spacial score (nSPS) is 29.0. The minimum Gasteiger partial charge on any atom is -0.386 e. The van der Waals surface area contributed by atoms with Gasteiger partial charge in [0.15, 0.2) is 5.16 Å². The van der Waals surface area contributed by atoms with Gasteiger partial charge in [-0.05, 0) is 45.3 Å². The summed E-state index contributed by atoms with van der Waals surface area (Å²) >= 11 is 1.57. The van der Waals surface area contributed by atoms with Crippen LogP contribution >= 0.6 is 11.8 Å². The van der Waals surface area contributed by atoms with Crippen molar-refractivity contribution in [3.8, 4) is 11.3 Å². The number of hydrogen-bond donors (Lipinski definition) is 1. The minimum atomic E-state index is -0.929. The van der Waals surface area contributed by atoms with E-state index in [1.54, 1.807) is 11.8 Å². The van der Waals surface area contributed by atoms with Gasteiger partial charge < -0.3 is 19.5 Å². The third-order valence-corrected chi connectivity index (χ3v) is 7.49. The number of rotatable bonds is 3. The van der Waals surface area contributed by atoms with Crippen LogP contribution in [-0.4, -0.2) is 69.6 Å². The molecule has 2 aromatic rings. The van der Waals surface area contributed by atoms with Crippen molar-refractivity contribution in [3.63, 3.8) is 0 Å². The smallest absolute Gasteiger partial charge is 0.189 e. The Hall–Kier alpha value is -1.68. The summed E-state index contributed by atoms with van der Waals surface area (Å²) in [5.41, 5.74) is 3.45. The van der Waals surface area contributed by atoms with Gasteiger partial charge in [0.1, 0.15) is 23.3 Å². The molecular weight excluding hydrogens is 414 g/mol. The van der Waals surface area contributed by atoms with E-state index in [0.29, 0.717) is 26.3 Å². The van der Waals surface area contributed by atoms with Gasteiger partial charge in [0.25, 0.3) is 0 Å². The standard InChI is InChI=1S/C22H29N5O3S/c1-21(28)12-26(8-10-29-13-21)19-16-17-14(11-27(25-17)15-5-3-4-9-30-15)22(6-7-22)18(16)23-20(24-19)31-2/h11,15,28H,3-10,12-13H2,1-2H3/t15?,21-/m0/s1. The number of fused-ring (bicyclic) bond motifs is 5. The van der Waals surface area contributed by atoms with E-state index >= 15 is 0 Å². The molecule has 1 spiro atoms. The summed E-state index contributed by atoms with van der Waals surface area (Å²) in [6.07, 6.45) is 9.71. The Labute approximate surface area is 186 Å². The van der Waals surface area contributed by atoms with Crippen molar-refractivity contribution in [1.29, 1.82) is 0 Å². The van der Waals surface area contributed by atoms with E-state index in [1.165, 1.54) is 12.0 Å². The topological polar surface area (TPSA) is 85.5 Å². The number of aliphatic hydroxyl groups is 1. The van der Waals surface area contributed by atoms with E-state index in [4.69, 9.17) is 24.5 Å². The second-order valence-corrected chi connectivity index (χ2v) is 10.3. The third-order valence-electron chi connectivity index (χ3n) is 6.94. The van der Waals surface area contributed by atoms with Crippen LogP contribution in [0, 0.1) is 0 Å². The average molecular weight is 444 g/mol. The fourth-order valence-corrected chi connectivity index (χ4v) is 5.62. The first-order valence-electron chi connectivity index (χ1n) is 11.2. The molecule has 1 saturated carbocycles. The fourth-order valence-electron chi connectivity index (χ4n) is 5.26. The summed E-state index contributed by atoms with van der Waals surface area (Å²) in [5, 5.41) is 16.6. The number of aromatic nitrogens is 4. The Bertz CT molecular complexity index is 1010. The van der Waals surface area contributed by atoms with Crippen LogP contribution in [0.4, 0.5) is 5.82 Å². The molecule has 3 fully saturated rings. The second kappa shape index (κ2) is 7.16. The number of nitrogens with zero attached hydrogens (tertiary/aromatic N) is 5. The van der Waals surface area contributed by atoms with Crippen molar-refractivity contribution in [2.75, 3.05) is 44.1 Å². The summed E-state index contributed by atoms with van der Waals surface area (Å²) in [6.45, 7) is 4.67. The van der Waals surface area contributed by atoms with E-state index in [9.17, 15) is 5.11 Å². The van der Waals surface area contributed by atoms with Crippen LogP contribution in [0.3, 0.4) is 0 Å². The highest BCUT2D eigenvalue weighted by Gasteiger charge is 2.57. The van der Waals surface area contributed by atoms with Crippen molar-refractivity contribution in [2.24, 2.45) is 0 Å². The monoisotopic (exact) mass is 443 g/mol. The Morgan fingerprint density at radius 3 is 2.84 bits per heavy atom. The number of anilines is 1. The van der Waals surface area contributed by atoms with Gasteiger partial charge >= 0.3 is 0 Å². The molecule has 31 heavy (non-hydrogen) atoms. The molecule has 2 aliphatic heterocycles. The van der Waals surface area contributed by atoms with Gasteiger partial charge in [-0.15, -0.1) is 0 Å². The van der Waals surface area contributed by atoms with Crippen molar-refractivity contribution >= 4 is 17.6 Å². The Balaban J connectivity index is 1.49. The molecular formula is C22H29N5O3S. The van der Waals surface area contributed by atoms with Gasteiger partial charge in [-0.1, -0.05) is 11.8 Å². The SMILES string of the molecule is CSc1nc(N2CCOC[C@@](C)(O)C2)c2c(n1)C1(CC1)c1cn(C3CCCCO3)nc1-2. The van der Waals surface area contributed by atoms with E-state index in [1.807, 2.05) is 17.9 Å². The van der Waals surface area contributed by atoms with Crippen LogP contribution in [0.15, 0.2) is 11.4 Å². The summed E-state index contributed by atoms with van der Waals surface area (Å²) in [7, 11) is 0. The van der Waals surface area contributed by atoms with Crippen LogP contribution in [-0.2, 0) is 14.9 Å². The fraction of sp³-hybridized carbons (Fsp3) is 0.682. The zero-order valence-corrected chi connectivity index (χ0v) is 19.0. The summed E-state index contributed by atoms with van der Waals surface area (Å²) < 4.78 is 13.7. The Morgan fingerprint density at radius 1 is 1.23 bits per heavy atom. The largest absolute Gasteiger partial charge is 0.386 e. The molecule has 6 rings (SSSR count). The van der Waals surface area contributed by atoms with E-state index in [0.717, 1.165) is 60.2 Å². The molecule has 1 unspecified atom stereocenters. The first-order chi connectivity index (χ1) is 15.0. The molecule has 2 saturated heterocycles. The lowest BCUT2D eigenvalue weighted by Crippen LogP contribution is -2.42. The number of thioether (sulfide) groups is 1. The van der Waals surface area contributed by atoms with E-state index in [2.05, 4.69) is 11.1 Å². The third kappa shape index (κ3) is 3.20. The van der Waals surface area contributed by atoms with Crippen LogP contribution in [0.1, 0.15) is 56.5 Å². The quantitative estimate of drug-likeness (QED) is 0.573. The van der Waals surface area contributed by atoms with Gasteiger partial charge in [0, 0.05) is 30.3 Å². The molecule has 4 heterocycles. The van der Waals surface area contributed by atoms with Crippen molar-refractivity contribution < 1.29 is 14.6 Å².